The molecule has 1 N–H and O–H groups in total. The number of rotatable bonds is 5. The van der Waals surface area contributed by atoms with Crippen LogP contribution >= 0.6 is 0 Å². The molecule has 1 saturated carbocycles. The maximum absolute atomic E-state index is 12.1. The van der Waals surface area contributed by atoms with Crippen LogP contribution in [0.1, 0.15) is 62.1 Å². The molecule has 2 aliphatic carbocycles. The first kappa shape index (κ1) is 16.0. The van der Waals surface area contributed by atoms with Crippen LogP contribution < -0.4 is 5.32 Å². The molecule has 0 heterocycles. The van der Waals surface area contributed by atoms with Crippen LogP contribution in [0.5, 0.6) is 0 Å². The van der Waals surface area contributed by atoms with Crippen LogP contribution in [-0.2, 0) is 20.7 Å². The summed E-state index contributed by atoms with van der Waals surface area (Å²) < 4.78 is 5.14. The molecule has 124 valence electrons. The number of benzene rings is 1. The number of amides is 1. The summed E-state index contributed by atoms with van der Waals surface area (Å²) in [7, 11) is 0. The first-order valence-corrected chi connectivity index (χ1v) is 8.75. The van der Waals surface area contributed by atoms with Crippen LogP contribution in [0.4, 0.5) is 0 Å². The largest absolute Gasteiger partial charge is 0.456 e. The van der Waals surface area contributed by atoms with Gasteiger partial charge in [0.2, 0.25) is 0 Å². The molecule has 1 aromatic carbocycles. The minimum absolute atomic E-state index is 0.0426. The highest BCUT2D eigenvalue weighted by molar-refractivity contribution is 5.81. The summed E-state index contributed by atoms with van der Waals surface area (Å²) in [6, 6.07) is 8.28. The number of hydrogen-bond acceptors (Lipinski definition) is 3. The highest BCUT2D eigenvalue weighted by Gasteiger charge is 2.23. The number of fused-ring (bicyclic) bond motifs is 1. The van der Waals surface area contributed by atoms with E-state index in [0.29, 0.717) is 12.3 Å². The topological polar surface area (TPSA) is 55.4 Å². The predicted octanol–water partition coefficient (Wildman–Crippen LogP) is 3.30. The van der Waals surface area contributed by atoms with Gasteiger partial charge in [0.05, 0.1) is 6.04 Å². The Morgan fingerprint density at radius 1 is 1.09 bits per heavy atom. The lowest BCUT2D eigenvalue weighted by molar-refractivity contribution is -0.149. The van der Waals surface area contributed by atoms with E-state index in [4.69, 9.17) is 4.74 Å². The highest BCUT2D eigenvalue weighted by atomic mass is 16.5. The Bertz CT molecular complexity index is 563. The van der Waals surface area contributed by atoms with Crippen molar-refractivity contribution in [2.45, 2.75) is 57.4 Å². The second-order valence-electron chi connectivity index (χ2n) is 6.73. The summed E-state index contributed by atoms with van der Waals surface area (Å²) >= 11 is 0. The molecule has 3 rings (SSSR count). The van der Waals surface area contributed by atoms with E-state index in [0.717, 1.165) is 32.1 Å². The molecule has 0 unspecified atom stereocenters. The summed E-state index contributed by atoms with van der Waals surface area (Å²) in [5.41, 5.74) is 2.51. The molecule has 4 heteroatoms. The smallest absolute Gasteiger partial charge is 0.306 e. The molecule has 1 atom stereocenters. The second kappa shape index (κ2) is 7.62. The number of carbonyl (C=O) groups is 2. The standard InChI is InChI=1S/C19H25NO3/c21-18(13-23-19(22)12-14-6-1-2-7-14)20-17-11-5-9-15-8-3-4-10-16(15)17/h3-4,8,10,14,17H,1-2,5-7,9,11-13H2,(H,20,21)/t17-/m1/s1. The van der Waals surface area contributed by atoms with Gasteiger partial charge in [-0.1, -0.05) is 37.1 Å². The molecular formula is C19H25NO3. The molecule has 0 bridgehead atoms. The van der Waals surface area contributed by atoms with E-state index < -0.39 is 0 Å². The molecule has 0 saturated heterocycles. The fourth-order valence-electron chi connectivity index (χ4n) is 3.80. The van der Waals surface area contributed by atoms with Gasteiger partial charge >= 0.3 is 5.97 Å². The Hall–Kier alpha value is -1.84. The lowest BCUT2D eigenvalue weighted by Gasteiger charge is -2.26. The SMILES string of the molecule is O=C(COC(=O)CC1CCCC1)N[C@@H]1CCCc2ccccc21. The third-order valence-corrected chi connectivity index (χ3v) is 5.00. The van der Waals surface area contributed by atoms with Gasteiger partial charge in [0.15, 0.2) is 6.61 Å². The van der Waals surface area contributed by atoms with E-state index >= 15 is 0 Å². The molecule has 1 aromatic rings. The van der Waals surface area contributed by atoms with E-state index in [2.05, 4.69) is 17.4 Å². The van der Waals surface area contributed by atoms with Crippen molar-refractivity contribution in [1.82, 2.24) is 5.32 Å². The van der Waals surface area contributed by atoms with Crippen LogP contribution in [0.3, 0.4) is 0 Å². The maximum Gasteiger partial charge on any atom is 0.306 e. The van der Waals surface area contributed by atoms with E-state index in [9.17, 15) is 9.59 Å². The van der Waals surface area contributed by atoms with E-state index in [1.165, 1.54) is 24.0 Å². The number of aryl methyl sites for hydroxylation is 1. The van der Waals surface area contributed by atoms with Gasteiger partial charge < -0.3 is 10.1 Å². The molecule has 0 radical (unpaired) electrons. The van der Waals surface area contributed by atoms with Crippen LogP contribution in [0.25, 0.3) is 0 Å². The summed E-state index contributed by atoms with van der Waals surface area (Å²) in [5.74, 6) is 0.0124. The first-order chi connectivity index (χ1) is 11.2. The Balaban J connectivity index is 1.45. The molecule has 0 aliphatic heterocycles. The second-order valence-corrected chi connectivity index (χ2v) is 6.73. The Morgan fingerprint density at radius 3 is 2.70 bits per heavy atom. The van der Waals surface area contributed by atoms with Gasteiger partial charge in [-0.05, 0) is 49.1 Å². The van der Waals surface area contributed by atoms with Gasteiger partial charge in [0.25, 0.3) is 5.91 Å². The van der Waals surface area contributed by atoms with Crippen molar-refractivity contribution in [2.75, 3.05) is 6.61 Å². The molecule has 0 aromatic heterocycles. The Kier molecular flexibility index (Phi) is 5.31. The maximum atomic E-state index is 12.1. The summed E-state index contributed by atoms with van der Waals surface area (Å²) in [6.07, 6.45) is 8.18. The van der Waals surface area contributed by atoms with Crippen LogP contribution in [-0.4, -0.2) is 18.5 Å². The van der Waals surface area contributed by atoms with Gasteiger partial charge in [-0.3, -0.25) is 9.59 Å². The number of carbonyl (C=O) groups excluding carboxylic acids is 2. The normalized spacial score (nSPS) is 20.8. The van der Waals surface area contributed by atoms with Gasteiger partial charge in [-0.25, -0.2) is 0 Å². The average Bonchev–Trinajstić information content (AvgIpc) is 3.06. The lowest BCUT2D eigenvalue weighted by atomic mass is 9.88. The van der Waals surface area contributed by atoms with E-state index in [1.807, 2.05) is 12.1 Å². The van der Waals surface area contributed by atoms with Gasteiger partial charge in [-0.2, -0.15) is 0 Å². The minimum Gasteiger partial charge on any atom is -0.456 e. The van der Waals surface area contributed by atoms with Crippen molar-refractivity contribution >= 4 is 11.9 Å². The fourth-order valence-corrected chi connectivity index (χ4v) is 3.80. The molecule has 0 spiro atoms. The molecule has 23 heavy (non-hydrogen) atoms. The van der Waals surface area contributed by atoms with E-state index in [1.54, 1.807) is 0 Å². The molecule has 2 aliphatic rings. The number of nitrogens with one attached hydrogen (secondary N) is 1. The molecule has 1 fully saturated rings. The third kappa shape index (κ3) is 4.34. The van der Waals surface area contributed by atoms with Crippen LogP contribution in [0, 0.1) is 5.92 Å². The zero-order valence-corrected chi connectivity index (χ0v) is 13.6. The van der Waals surface area contributed by atoms with E-state index in [-0.39, 0.29) is 24.5 Å². The molecule has 1 amide bonds. The zero-order valence-electron chi connectivity index (χ0n) is 13.6. The summed E-state index contributed by atoms with van der Waals surface area (Å²) in [5, 5.41) is 3.01. The first-order valence-electron chi connectivity index (χ1n) is 8.75. The molecule has 4 nitrogen and oxygen atoms in total. The number of ether oxygens (including phenoxy) is 1. The Morgan fingerprint density at radius 2 is 1.87 bits per heavy atom. The van der Waals surface area contributed by atoms with Crippen molar-refractivity contribution in [3.63, 3.8) is 0 Å². The van der Waals surface area contributed by atoms with Gasteiger partial charge in [0, 0.05) is 6.42 Å². The van der Waals surface area contributed by atoms with Crippen molar-refractivity contribution in [3.05, 3.63) is 35.4 Å². The minimum atomic E-state index is -0.240. The van der Waals surface area contributed by atoms with Crippen LogP contribution in [0.2, 0.25) is 0 Å². The molecular weight excluding hydrogens is 290 g/mol. The predicted molar refractivity (Wildman–Crippen MR) is 87.8 cm³/mol. The Labute approximate surface area is 137 Å². The van der Waals surface area contributed by atoms with Crippen molar-refractivity contribution in [3.8, 4) is 0 Å². The van der Waals surface area contributed by atoms with Crippen molar-refractivity contribution in [1.29, 1.82) is 0 Å². The number of hydrogen-bond donors (Lipinski definition) is 1. The lowest BCUT2D eigenvalue weighted by Crippen LogP contribution is -2.34. The highest BCUT2D eigenvalue weighted by Crippen LogP contribution is 2.29. The van der Waals surface area contributed by atoms with Gasteiger partial charge in [-0.15, -0.1) is 0 Å². The zero-order chi connectivity index (χ0) is 16.1. The number of esters is 1. The monoisotopic (exact) mass is 315 g/mol. The third-order valence-electron chi connectivity index (χ3n) is 5.00. The van der Waals surface area contributed by atoms with Crippen molar-refractivity contribution < 1.29 is 14.3 Å². The van der Waals surface area contributed by atoms with Crippen molar-refractivity contribution in [2.24, 2.45) is 5.92 Å². The average molecular weight is 315 g/mol. The summed E-state index contributed by atoms with van der Waals surface area (Å²) in [4.78, 5) is 23.9. The van der Waals surface area contributed by atoms with Crippen LogP contribution in [0.15, 0.2) is 24.3 Å². The fraction of sp³-hybridized carbons (Fsp3) is 0.579. The summed E-state index contributed by atoms with van der Waals surface area (Å²) in [6.45, 7) is -0.162. The van der Waals surface area contributed by atoms with Gasteiger partial charge in [0.1, 0.15) is 0 Å². The quantitative estimate of drug-likeness (QED) is 0.848.